The highest BCUT2D eigenvalue weighted by molar-refractivity contribution is 9.10. The number of thioether (sulfide) groups is 1. The molecule has 0 radical (unpaired) electrons. The number of rotatable bonds is 6. The summed E-state index contributed by atoms with van der Waals surface area (Å²) in [4.78, 5) is 20.6. The lowest BCUT2D eigenvalue weighted by Crippen LogP contribution is -2.31. The van der Waals surface area contributed by atoms with Crippen LogP contribution in [0.15, 0.2) is 39.7 Å². The Hall–Kier alpha value is -2.22. The van der Waals surface area contributed by atoms with Crippen molar-refractivity contribution in [2.45, 2.75) is 17.2 Å². The number of hydrogen-bond donors (Lipinski definition) is 0. The molecule has 1 atom stereocenters. The Morgan fingerprint density at radius 1 is 1.17 bits per heavy atom. The van der Waals surface area contributed by atoms with E-state index in [2.05, 4.69) is 15.9 Å². The molecule has 0 aromatic heterocycles. The highest BCUT2D eigenvalue weighted by atomic mass is 79.9. The van der Waals surface area contributed by atoms with Gasteiger partial charge in [-0.2, -0.15) is 4.31 Å². The molecule has 0 saturated carbocycles. The fourth-order valence-electron chi connectivity index (χ4n) is 3.17. The molecule has 0 bridgehead atoms. The third kappa shape index (κ3) is 4.02. The Bertz CT molecular complexity index is 1110. The molecule has 0 amide bonds. The van der Waals surface area contributed by atoms with Crippen molar-refractivity contribution >= 4 is 49.1 Å². The van der Waals surface area contributed by atoms with Gasteiger partial charge in [0.05, 0.1) is 27.2 Å². The number of nitro groups is 2. The first-order valence-electron chi connectivity index (χ1n) is 8.48. The van der Waals surface area contributed by atoms with Gasteiger partial charge in [0.25, 0.3) is 11.4 Å². The summed E-state index contributed by atoms with van der Waals surface area (Å²) in [5, 5.41) is 22.1. The molecule has 160 valence electrons. The van der Waals surface area contributed by atoms with Crippen molar-refractivity contribution in [2.75, 3.05) is 19.4 Å². The second kappa shape index (κ2) is 8.49. The smallest absolute Gasteiger partial charge is 0.280 e. The van der Waals surface area contributed by atoms with Crippen molar-refractivity contribution in [2.24, 2.45) is 0 Å². The lowest BCUT2D eigenvalue weighted by Gasteiger charge is -2.25. The highest BCUT2D eigenvalue weighted by Crippen LogP contribution is 2.46. The van der Waals surface area contributed by atoms with Crippen LogP contribution in [0.4, 0.5) is 11.4 Å². The lowest BCUT2D eigenvalue weighted by atomic mass is 10.1. The van der Waals surface area contributed by atoms with Gasteiger partial charge in [0.1, 0.15) is 11.3 Å². The van der Waals surface area contributed by atoms with Crippen molar-refractivity contribution < 1.29 is 23.0 Å². The number of nitro benzene ring substituents is 2. The Morgan fingerprint density at radius 2 is 1.77 bits per heavy atom. The van der Waals surface area contributed by atoms with Gasteiger partial charge in [-0.1, -0.05) is 15.9 Å². The van der Waals surface area contributed by atoms with Crippen LogP contribution >= 0.6 is 27.7 Å². The van der Waals surface area contributed by atoms with Gasteiger partial charge in [-0.3, -0.25) is 20.2 Å². The molecule has 10 nitrogen and oxygen atoms in total. The molecule has 1 unspecified atom stereocenters. The van der Waals surface area contributed by atoms with Crippen LogP contribution in [0.5, 0.6) is 5.75 Å². The molecule has 2 aromatic rings. The summed E-state index contributed by atoms with van der Waals surface area (Å²) in [7, 11) is -2.80. The van der Waals surface area contributed by atoms with Gasteiger partial charge in [0.2, 0.25) is 10.0 Å². The van der Waals surface area contributed by atoms with Gasteiger partial charge in [0, 0.05) is 34.5 Å². The molecular formula is C17H16BrN3O7S2. The van der Waals surface area contributed by atoms with Crippen molar-refractivity contribution in [1.29, 1.82) is 0 Å². The molecule has 1 fully saturated rings. The molecule has 1 saturated heterocycles. The largest absolute Gasteiger partial charge is 0.496 e. The molecule has 1 aliphatic rings. The van der Waals surface area contributed by atoms with E-state index in [-0.39, 0.29) is 12.1 Å². The van der Waals surface area contributed by atoms with Crippen LogP contribution in [0.25, 0.3) is 0 Å². The number of sulfonamides is 1. The average molecular weight is 518 g/mol. The number of benzene rings is 2. The van der Waals surface area contributed by atoms with Crippen molar-refractivity contribution in [1.82, 2.24) is 4.31 Å². The van der Waals surface area contributed by atoms with E-state index in [1.165, 1.54) is 30.1 Å². The van der Waals surface area contributed by atoms with E-state index in [1.807, 2.05) is 0 Å². The van der Waals surface area contributed by atoms with E-state index in [0.717, 1.165) is 16.6 Å². The predicted molar refractivity (Wildman–Crippen MR) is 114 cm³/mol. The second-order valence-electron chi connectivity index (χ2n) is 6.33. The van der Waals surface area contributed by atoms with Gasteiger partial charge >= 0.3 is 0 Å². The van der Waals surface area contributed by atoms with E-state index in [4.69, 9.17) is 4.74 Å². The summed E-state index contributed by atoms with van der Waals surface area (Å²) in [6.07, 6.45) is 0. The molecule has 3 rings (SSSR count). The Morgan fingerprint density at radius 3 is 2.30 bits per heavy atom. The third-order valence-corrected chi connectivity index (χ3v) is 8.34. The second-order valence-corrected chi connectivity index (χ2v) is 10.3. The van der Waals surface area contributed by atoms with Crippen molar-refractivity contribution in [3.8, 4) is 5.75 Å². The molecule has 0 aliphatic carbocycles. The predicted octanol–water partition coefficient (Wildman–Crippen LogP) is 4.02. The number of halogens is 1. The van der Waals surface area contributed by atoms with E-state index in [9.17, 15) is 28.6 Å². The van der Waals surface area contributed by atoms with Crippen LogP contribution in [-0.2, 0) is 10.0 Å². The standard InChI is InChI=1S/C17H16BrN3O7S2/c1-10-14(20(22)23)8-12(9-15(10)21(24)25)30(26,27)19-5-6-29-17(19)13-7-11(18)3-4-16(13)28-2/h3-4,7-9,17H,5-6H2,1-2H3. The fraction of sp³-hybridized carbons (Fsp3) is 0.294. The molecular weight excluding hydrogens is 502 g/mol. The summed E-state index contributed by atoms with van der Waals surface area (Å²) in [5.74, 6) is 0.967. The average Bonchev–Trinajstić information content (AvgIpc) is 3.18. The van der Waals surface area contributed by atoms with Crippen LogP contribution in [0.1, 0.15) is 16.5 Å². The van der Waals surface area contributed by atoms with Crippen molar-refractivity contribution in [3.05, 3.63) is 66.2 Å². The first kappa shape index (κ1) is 22.5. The monoisotopic (exact) mass is 517 g/mol. The summed E-state index contributed by atoms with van der Waals surface area (Å²) in [6.45, 7) is 1.36. The summed E-state index contributed by atoms with van der Waals surface area (Å²) >= 11 is 4.73. The van der Waals surface area contributed by atoms with E-state index >= 15 is 0 Å². The quantitative estimate of drug-likeness (QED) is 0.414. The highest BCUT2D eigenvalue weighted by Gasteiger charge is 2.40. The first-order valence-corrected chi connectivity index (χ1v) is 11.8. The summed E-state index contributed by atoms with van der Waals surface area (Å²) in [5.41, 5.74) is -0.837. The Balaban J connectivity index is 2.15. The van der Waals surface area contributed by atoms with Crippen LogP contribution in [-0.4, -0.2) is 42.0 Å². The number of hydrogen-bond acceptors (Lipinski definition) is 8. The molecule has 2 aromatic carbocycles. The van der Waals surface area contributed by atoms with Gasteiger partial charge in [-0.05, 0) is 25.1 Å². The zero-order chi connectivity index (χ0) is 22.2. The minimum atomic E-state index is -4.27. The number of nitrogens with zero attached hydrogens (tertiary/aromatic N) is 3. The lowest BCUT2D eigenvalue weighted by molar-refractivity contribution is -0.395. The molecule has 30 heavy (non-hydrogen) atoms. The molecule has 13 heteroatoms. The summed E-state index contributed by atoms with van der Waals surface area (Å²) in [6, 6.07) is 6.94. The first-order chi connectivity index (χ1) is 14.1. The Kier molecular flexibility index (Phi) is 6.36. The molecule has 1 aliphatic heterocycles. The van der Waals surface area contributed by atoms with Crippen molar-refractivity contribution in [3.63, 3.8) is 0 Å². The molecule has 1 heterocycles. The Labute approximate surface area is 184 Å². The molecule has 0 N–H and O–H groups in total. The number of methoxy groups -OCH3 is 1. The van der Waals surface area contributed by atoms with Gasteiger partial charge in [0.15, 0.2) is 0 Å². The van der Waals surface area contributed by atoms with Gasteiger partial charge in [-0.15, -0.1) is 11.8 Å². The van der Waals surface area contributed by atoms with E-state index in [1.54, 1.807) is 18.2 Å². The zero-order valence-corrected chi connectivity index (χ0v) is 19.0. The SMILES string of the molecule is COc1ccc(Br)cc1C1SCCN1S(=O)(=O)c1cc([N+](=O)[O-])c(C)c([N+](=O)[O-])c1. The normalized spacial score (nSPS) is 17.1. The molecule has 0 spiro atoms. The van der Waals surface area contributed by atoms with E-state index < -0.39 is 41.5 Å². The zero-order valence-electron chi connectivity index (χ0n) is 15.8. The van der Waals surface area contributed by atoms with Crippen LogP contribution < -0.4 is 4.74 Å². The maximum atomic E-state index is 13.4. The minimum absolute atomic E-state index is 0.142. The third-order valence-electron chi connectivity index (χ3n) is 4.63. The van der Waals surface area contributed by atoms with Gasteiger partial charge in [-0.25, -0.2) is 8.42 Å². The van der Waals surface area contributed by atoms with Crippen LogP contribution in [0, 0.1) is 27.2 Å². The number of ether oxygens (including phenoxy) is 1. The van der Waals surface area contributed by atoms with E-state index in [0.29, 0.717) is 17.1 Å². The van der Waals surface area contributed by atoms with Crippen LogP contribution in [0.2, 0.25) is 0 Å². The topological polar surface area (TPSA) is 133 Å². The minimum Gasteiger partial charge on any atom is -0.496 e. The summed E-state index contributed by atoms with van der Waals surface area (Å²) < 4.78 is 34.0. The maximum Gasteiger partial charge on any atom is 0.280 e. The maximum absolute atomic E-state index is 13.4. The van der Waals surface area contributed by atoms with Crippen LogP contribution in [0.3, 0.4) is 0 Å². The van der Waals surface area contributed by atoms with Gasteiger partial charge < -0.3 is 4.74 Å². The fourth-order valence-corrected chi connectivity index (χ4v) is 6.83.